The molecule has 0 aliphatic carbocycles. The highest BCUT2D eigenvalue weighted by molar-refractivity contribution is 7.14. The van der Waals surface area contributed by atoms with Crippen LogP contribution in [0.5, 0.6) is 0 Å². The molecule has 0 saturated carbocycles. The van der Waals surface area contributed by atoms with Crippen LogP contribution in [-0.2, 0) is 15.9 Å². The van der Waals surface area contributed by atoms with E-state index in [-0.39, 0.29) is 5.97 Å². The Morgan fingerprint density at radius 3 is 2.69 bits per heavy atom. The van der Waals surface area contributed by atoms with E-state index in [2.05, 4.69) is 6.92 Å². The van der Waals surface area contributed by atoms with Gasteiger partial charge < -0.3 is 9.47 Å². The van der Waals surface area contributed by atoms with Crippen LogP contribution in [0.1, 0.15) is 34.0 Å². The van der Waals surface area contributed by atoms with Crippen molar-refractivity contribution in [3.63, 3.8) is 0 Å². The van der Waals surface area contributed by atoms with Gasteiger partial charge >= 0.3 is 5.97 Å². The number of carbonyl (C=O) groups is 1. The van der Waals surface area contributed by atoms with Crippen molar-refractivity contribution in [3.05, 3.63) is 21.4 Å². The van der Waals surface area contributed by atoms with Crippen LogP contribution in [0.2, 0.25) is 0 Å². The molecule has 0 radical (unpaired) electrons. The number of ether oxygens (including phenoxy) is 2. The minimum atomic E-state index is -0.243. The summed E-state index contributed by atoms with van der Waals surface area (Å²) in [5, 5.41) is 0. The van der Waals surface area contributed by atoms with Gasteiger partial charge in [0, 0.05) is 11.5 Å². The fourth-order valence-corrected chi connectivity index (χ4v) is 2.39. The lowest BCUT2D eigenvalue weighted by atomic mass is 10.2. The summed E-state index contributed by atoms with van der Waals surface area (Å²) >= 11 is 1.52. The molecule has 4 heteroatoms. The molecule has 0 spiro atoms. The lowest BCUT2D eigenvalue weighted by molar-refractivity contribution is 0.0340. The molecule has 0 atom stereocenters. The molecule has 3 nitrogen and oxygen atoms in total. The van der Waals surface area contributed by atoms with E-state index in [1.807, 2.05) is 19.9 Å². The van der Waals surface area contributed by atoms with Gasteiger partial charge in [0.25, 0.3) is 0 Å². The molecule has 0 aliphatic rings. The monoisotopic (exact) mass is 242 g/mol. The lowest BCUT2D eigenvalue weighted by Crippen LogP contribution is -2.09. The summed E-state index contributed by atoms with van der Waals surface area (Å²) in [6.45, 7) is 7.46. The zero-order chi connectivity index (χ0) is 12.0. The maximum Gasteiger partial charge on any atom is 0.348 e. The van der Waals surface area contributed by atoms with E-state index in [1.165, 1.54) is 21.8 Å². The number of hydrogen-bond donors (Lipinski definition) is 0. The Morgan fingerprint density at radius 1 is 1.38 bits per heavy atom. The SMILES string of the molecule is CCOCCOC(=O)c1cc(C)c(CC)s1. The van der Waals surface area contributed by atoms with E-state index in [0.717, 1.165) is 6.42 Å². The second kappa shape index (κ2) is 6.66. The highest BCUT2D eigenvalue weighted by Gasteiger charge is 2.12. The molecular formula is C12H18O3S. The Labute approximate surface area is 100 Å². The van der Waals surface area contributed by atoms with Crippen LogP contribution in [0.15, 0.2) is 6.07 Å². The molecule has 1 aromatic rings. The number of aryl methyl sites for hydroxylation is 2. The largest absolute Gasteiger partial charge is 0.459 e. The van der Waals surface area contributed by atoms with Gasteiger partial charge in [-0.3, -0.25) is 0 Å². The fourth-order valence-electron chi connectivity index (χ4n) is 1.38. The van der Waals surface area contributed by atoms with Gasteiger partial charge in [-0.05, 0) is 31.9 Å². The molecule has 1 aromatic heterocycles. The predicted octanol–water partition coefficient (Wildman–Crippen LogP) is 2.81. The van der Waals surface area contributed by atoms with Crippen LogP contribution in [0.25, 0.3) is 0 Å². The molecule has 0 aromatic carbocycles. The van der Waals surface area contributed by atoms with Gasteiger partial charge in [-0.1, -0.05) is 6.92 Å². The first-order valence-electron chi connectivity index (χ1n) is 5.53. The Morgan fingerprint density at radius 2 is 2.12 bits per heavy atom. The Kier molecular flexibility index (Phi) is 5.49. The molecule has 0 amide bonds. The maximum absolute atomic E-state index is 11.6. The first-order valence-corrected chi connectivity index (χ1v) is 6.34. The molecule has 0 fully saturated rings. The van der Waals surface area contributed by atoms with E-state index in [1.54, 1.807) is 0 Å². The van der Waals surface area contributed by atoms with Gasteiger partial charge in [-0.15, -0.1) is 11.3 Å². The van der Waals surface area contributed by atoms with Crippen molar-refractivity contribution in [1.82, 2.24) is 0 Å². The summed E-state index contributed by atoms with van der Waals surface area (Å²) < 4.78 is 10.2. The standard InChI is InChI=1S/C12H18O3S/c1-4-10-9(3)8-11(16-10)12(13)15-7-6-14-5-2/h8H,4-7H2,1-3H3. The Hall–Kier alpha value is -0.870. The minimum absolute atomic E-state index is 0.243. The van der Waals surface area contributed by atoms with E-state index in [9.17, 15) is 4.79 Å². The van der Waals surface area contributed by atoms with Crippen LogP contribution in [-0.4, -0.2) is 25.8 Å². The second-order valence-electron chi connectivity index (χ2n) is 3.40. The molecule has 0 N–H and O–H groups in total. The molecule has 0 saturated heterocycles. The van der Waals surface area contributed by atoms with Gasteiger partial charge in [0.2, 0.25) is 0 Å². The van der Waals surface area contributed by atoms with Crippen molar-refractivity contribution in [3.8, 4) is 0 Å². The summed E-state index contributed by atoms with van der Waals surface area (Å²) in [4.78, 5) is 13.6. The highest BCUT2D eigenvalue weighted by atomic mass is 32.1. The second-order valence-corrected chi connectivity index (χ2v) is 4.54. The average Bonchev–Trinajstić information content (AvgIpc) is 2.66. The van der Waals surface area contributed by atoms with Crippen LogP contribution >= 0.6 is 11.3 Å². The third kappa shape index (κ3) is 3.61. The molecule has 90 valence electrons. The molecule has 1 rings (SSSR count). The van der Waals surface area contributed by atoms with Crippen molar-refractivity contribution in [2.45, 2.75) is 27.2 Å². The smallest absolute Gasteiger partial charge is 0.348 e. The summed E-state index contributed by atoms with van der Waals surface area (Å²) in [6, 6.07) is 1.90. The van der Waals surface area contributed by atoms with Gasteiger partial charge in [0.05, 0.1) is 6.61 Å². The number of hydrogen-bond acceptors (Lipinski definition) is 4. The normalized spacial score (nSPS) is 10.4. The van der Waals surface area contributed by atoms with Crippen LogP contribution < -0.4 is 0 Å². The molecule has 16 heavy (non-hydrogen) atoms. The molecular weight excluding hydrogens is 224 g/mol. The van der Waals surface area contributed by atoms with Crippen molar-refractivity contribution in [1.29, 1.82) is 0 Å². The third-order valence-corrected chi connectivity index (χ3v) is 3.57. The number of carbonyl (C=O) groups excluding carboxylic acids is 1. The number of esters is 1. The zero-order valence-electron chi connectivity index (χ0n) is 10.0. The first kappa shape index (κ1) is 13.2. The van der Waals surface area contributed by atoms with Gasteiger partial charge in [-0.25, -0.2) is 4.79 Å². The Bertz CT molecular complexity index is 344. The summed E-state index contributed by atoms with van der Waals surface area (Å²) in [6.07, 6.45) is 0.961. The number of rotatable bonds is 6. The quantitative estimate of drug-likeness (QED) is 0.568. The van der Waals surface area contributed by atoms with Crippen molar-refractivity contribution in [2.75, 3.05) is 19.8 Å². The van der Waals surface area contributed by atoms with E-state index >= 15 is 0 Å². The van der Waals surface area contributed by atoms with Gasteiger partial charge in [0.1, 0.15) is 11.5 Å². The van der Waals surface area contributed by atoms with E-state index in [4.69, 9.17) is 9.47 Å². The van der Waals surface area contributed by atoms with Crippen molar-refractivity contribution >= 4 is 17.3 Å². The number of thiophene rings is 1. The summed E-state index contributed by atoms with van der Waals surface area (Å²) in [5.41, 5.74) is 1.17. The van der Waals surface area contributed by atoms with Gasteiger partial charge in [-0.2, -0.15) is 0 Å². The highest BCUT2D eigenvalue weighted by Crippen LogP contribution is 2.22. The van der Waals surface area contributed by atoms with E-state index in [0.29, 0.717) is 24.7 Å². The van der Waals surface area contributed by atoms with Crippen LogP contribution in [0, 0.1) is 6.92 Å². The van der Waals surface area contributed by atoms with Crippen LogP contribution in [0.4, 0.5) is 0 Å². The summed E-state index contributed by atoms with van der Waals surface area (Å²) in [7, 11) is 0. The lowest BCUT2D eigenvalue weighted by Gasteiger charge is -2.02. The van der Waals surface area contributed by atoms with E-state index < -0.39 is 0 Å². The molecule has 0 bridgehead atoms. The first-order chi connectivity index (χ1) is 7.69. The Balaban J connectivity index is 2.46. The fraction of sp³-hybridized carbons (Fsp3) is 0.583. The maximum atomic E-state index is 11.6. The third-order valence-electron chi connectivity index (χ3n) is 2.21. The molecule has 1 heterocycles. The topological polar surface area (TPSA) is 35.5 Å². The molecule has 0 unspecified atom stereocenters. The average molecular weight is 242 g/mol. The molecule has 0 aliphatic heterocycles. The van der Waals surface area contributed by atoms with Gasteiger partial charge in [0.15, 0.2) is 0 Å². The van der Waals surface area contributed by atoms with Crippen molar-refractivity contribution < 1.29 is 14.3 Å². The summed E-state index contributed by atoms with van der Waals surface area (Å²) in [5.74, 6) is -0.243. The minimum Gasteiger partial charge on any atom is -0.459 e. The van der Waals surface area contributed by atoms with Crippen molar-refractivity contribution in [2.24, 2.45) is 0 Å². The zero-order valence-corrected chi connectivity index (χ0v) is 10.9. The van der Waals surface area contributed by atoms with Crippen LogP contribution in [0.3, 0.4) is 0 Å². The predicted molar refractivity (Wildman–Crippen MR) is 65.2 cm³/mol.